The van der Waals surface area contributed by atoms with Crippen LogP contribution in [-0.4, -0.2) is 188 Å². The normalized spacial score (nSPS) is 54.1. The van der Waals surface area contributed by atoms with E-state index in [2.05, 4.69) is 31.6 Å². The minimum atomic E-state index is -3.81. The molecular formula is C70H98N2O29S7. The van der Waals surface area contributed by atoms with E-state index < -0.39 is 142 Å². The zero-order valence-electron chi connectivity index (χ0n) is 62.3. The van der Waals surface area contributed by atoms with Gasteiger partial charge in [0.05, 0.1) is 103 Å². The highest BCUT2D eigenvalue weighted by atomic mass is 32.2. The Morgan fingerprint density at radius 3 is 1.46 bits per heavy atom. The molecule has 21 rings (SSSR count). The molecule has 0 aromatic carbocycles. The van der Waals surface area contributed by atoms with Crippen molar-refractivity contribution in [1.29, 1.82) is 10.5 Å². The van der Waals surface area contributed by atoms with E-state index in [1.807, 2.05) is 47.6 Å². The second-order valence-electron chi connectivity index (χ2n) is 35.9. The van der Waals surface area contributed by atoms with Crippen LogP contribution in [0.5, 0.6) is 0 Å². The van der Waals surface area contributed by atoms with Crippen molar-refractivity contribution < 1.29 is 126 Å². The highest BCUT2D eigenvalue weighted by Gasteiger charge is 2.80. The Morgan fingerprint density at radius 1 is 0.454 bits per heavy atom. The van der Waals surface area contributed by atoms with E-state index in [1.54, 1.807) is 0 Å². The van der Waals surface area contributed by atoms with Gasteiger partial charge >= 0.3 is 23.9 Å². The predicted octanol–water partition coefficient (Wildman–Crippen LogP) is 4.40. The molecule has 7 heterocycles. The van der Waals surface area contributed by atoms with Crippen LogP contribution in [0.4, 0.5) is 0 Å². The van der Waals surface area contributed by atoms with Crippen LogP contribution >= 0.6 is 0 Å². The van der Waals surface area contributed by atoms with Gasteiger partial charge in [-0.3, -0.25) is 48.5 Å². The van der Waals surface area contributed by atoms with Crippen LogP contribution < -0.4 is 0 Å². The molecular weight excluding hydrogens is 1560 g/mol. The number of esters is 4. The second kappa shape index (κ2) is 25.6. The Kier molecular flexibility index (Phi) is 18.8. The summed E-state index contributed by atoms with van der Waals surface area (Å²) in [6.45, 7) is 20.9. The maximum atomic E-state index is 12.3. The zero-order valence-corrected chi connectivity index (χ0v) is 68.1. The summed E-state index contributed by atoms with van der Waals surface area (Å²) in [6.07, 6.45) is 6.52. The van der Waals surface area contributed by atoms with E-state index in [1.165, 1.54) is 28.1 Å². The van der Waals surface area contributed by atoms with E-state index in [9.17, 15) is 78.1 Å². The molecule has 38 heteroatoms. The number of fused-ring (bicyclic) bond motifs is 7. The fraction of sp³-hybridized carbons (Fsp3) is 0.914. The van der Waals surface area contributed by atoms with E-state index in [0.717, 1.165) is 44.9 Å². The lowest BCUT2D eigenvalue weighted by molar-refractivity contribution is -0.148. The third kappa shape index (κ3) is 10.8. The van der Waals surface area contributed by atoms with E-state index >= 15 is 0 Å². The molecule has 0 spiro atoms. The molecule has 31 nitrogen and oxygen atoms in total. The zero-order chi connectivity index (χ0) is 78.7. The summed E-state index contributed by atoms with van der Waals surface area (Å²) in [5, 5.41) is 16.0. The lowest BCUT2D eigenvalue weighted by Crippen LogP contribution is -2.48. The smallest absolute Gasteiger partial charge is 0.330 e. The Morgan fingerprint density at radius 2 is 0.926 bits per heavy atom. The number of rotatable bonds is 6. The van der Waals surface area contributed by atoms with Gasteiger partial charge in [0.2, 0.25) is 0 Å². The predicted molar refractivity (Wildman–Crippen MR) is 372 cm³/mol. The van der Waals surface area contributed by atoms with Gasteiger partial charge < -0.3 is 18.9 Å². The van der Waals surface area contributed by atoms with Crippen LogP contribution in [0.2, 0.25) is 0 Å². The van der Waals surface area contributed by atoms with Gasteiger partial charge in [0.15, 0.2) is 9.49 Å². The first-order valence-corrected chi connectivity index (χ1v) is 47.9. The molecule has 38 atom stereocenters. The van der Waals surface area contributed by atoms with E-state index in [0.29, 0.717) is 73.0 Å². The summed E-state index contributed by atoms with van der Waals surface area (Å²) in [4.78, 5) is 45.8. The number of carbonyl (C=O) groups excluding carboxylic acids is 4. The molecule has 0 radical (unpaired) electrons. The van der Waals surface area contributed by atoms with Crippen LogP contribution in [0.25, 0.3) is 0 Å². The molecule has 0 N–H and O–H groups in total. The van der Waals surface area contributed by atoms with Gasteiger partial charge in [-0.1, -0.05) is 55.4 Å². The fourth-order valence-electron chi connectivity index (χ4n) is 26.5. The van der Waals surface area contributed by atoms with Crippen LogP contribution in [-0.2, 0) is 138 Å². The average Bonchev–Trinajstić information content (AvgIpc) is 1.49. The van der Waals surface area contributed by atoms with Crippen molar-refractivity contribution in [2.24, 2.45) is 141 Å². The molecule has 0 amide bonds. The van der Waals surface area contributed by atoms with Crippen molar-refractivity contribution in [3.63, 3.8) is 0 Å². The average molecular weight is 1660 g/mol. The van der Waals surface area contributed by atoms with Gasteiger partial charge in [0, 0.05) is 54.8 Å². The first-order chi connectivity index (χ1) is 50.1. The number of carbonyl (C=O) groups is 4. The molecule has 7 saturated heterocycles. The van der Waals surface area contributed by atoms with Crippen LogP contribution in [0.15, 0.2) is 0 Å². The summed E-state index contributed by atoms with van der Waals surface area (Å²) < 4.78 is 218. The number of hydrogen-bond donors (Lipinski definition) is 0. The lowest BCUT2D eigenvalue weighted by Gasteiger charge is -2.35. The number of hydrogen-bond acceptors (Lipinski definition) is 31. The number of nitriles is 2. The number of methoxy groups -OCH3 is 2. The molecule has 21 fully saturated rings. The maximum Gasteiger partial charge on any atom is 0.330 e. The largest absolute Gasteiger partial charge is 0.469 e. The first kappa shape index (κ1) is 79.5. The summed E-state index contributed by atoms with van der Waals surface area (Å²) in [5.41, 5.74) is -1.14. The topological polar surface area (TPSA) is 456 Å². The van der Waals surface area contributed by atoms with Crippen LogP contribution in [0.3, 0.4) is 0 Å². The van der Waals surface area contributed by atoms with Gasteiger partial charge in [0.1, 0.15) is 21.9 Å². The lowest BCUT2D eigenvalue weighted by atomic mass is 9.73. The number of nitrogens with zero attached hydrogens (tertiary/aromatic N) is 2. The Bertz CT molecular complexity index is 4740. The quantitative estimate of drug-likeness (QED) is 0.202. The molecule has 0 aromatic heterocycles. The highest BCUT2D eigenvalue weighted by molar-refractivity contribution is 7.90. The molecule has 7 aliphatic heterocycles. The Balaban J connectivity index is 0.000000101. The fourth-order valence-corrected chi connectivity index (χ4v) is 40.9. The van der Waals surface area contributed by atoms with Gasteiger partial charge in [-0.25, -0.2) is 0 Å². The molecule has 14 bridgehead atoms. The Labute approximate surface area is 632 Å². The molecule has 38 unspecified atom stereocenters. The van der Waals surface area contributed by atoms with Crippen molar-refractivity contribution in [2.45, 2.75) is 225 Å². The second-order valence-corrected chi connectivity index (χ2v) is 48.6. The first-order valence-electron chi connectivity index (χ1n) is 37.8. The van der Waals surface area contributed by atoms with Crippen LogP contribution in [0.1, 0.15) is 147 Å². The summed E-state index contributed by atoms with van der Waals surface area (Å²) in [7, 11) is -22.1. The van der Waals surface area contributed by atoms with Crippen molar-refractivity contribution in [3.05, 3.63) is 0 Å². The molecule has 108 heavy (non-hydrogen) atoms. The third-order valence-corrected chi connectivity index (χ3v) is 45.2. The standard InChI is InChI=1S/C14H20O7S.2C10H14O5S.2C9H11NO3S.2C9H14O3S/c1-8-12-14(7-20-10(3)16)5-13(8,6-19-9(2)15)4-11(14)22(17,18)21-12;1-5-6-3-7-8(5)15-16(12,13)10(7,4-6)9(11)14-2;1-4-5-3-6-8(4)15-16(12,13)9(6)7(5)10(11)14-2;1-5-6-2-7-8(5)13-14(11,12)9(7,3-6)4-10;1-4-5-2-6-8(4)13-14(11,12)9(6)7(5)3-10;1-5-6-3-7-8(5)12-13(10,11)9(7,2)4-6;1-4-6-3-7-8(4)12-13(10,11)9(7)5(6)2/h8,11-12H,4-7H2,1-3H3;5-8H,3-4H2,1-2H3;4-9H,3H2,1-2H3;5-8H,2-3H2,1H3;4-9H,2H2,1H3;5-8H,3-4H2,1-2H3;4-9H,3H2,1-2H3. The maximum absolute atomic E-state index is 12.3. The van der Waals surface area contributed by atoms with Crippen molar-refractivity contribution in [1.82, 2.24) is 0 Å². The molecule has 0 aromatic rings. The molecule has 14 saturated carbocycles. The van der Waals surface area contributed by atoms with Crippen molar-refractivity contribution in [3.8, 4) is 12.1 Å². The van der Waals surface area contributed by atoms with Gasteiger partial charge in [-0.2, -0.15) is 69.4 Å². The number of ether oxygens (including phenoxy) is 4. The SMILES string of the molecule is CC(=O)OCC12CC3C(COC(C)=O)(C1)C(OS3(=O)=O)C2C.CC1C2CC3C1OS(=O)(=O)C3(C#N)C2.CC1C2CC3C1OS(=O)(=O)C3(C)C2.CC1C2CC3C1OS(=O)(=O)C3C2C.CC1C2CC3C1OS(=O)(=O)C3C2C#N.COC(=O)C12CC3CC1C(OS2(=O)=O)C3C.COC(=O)C1C2CC3C(OS(=O)(=O)C31)C2C. The van der Waals surface area contributed by atoms with Crippen molar-refractivity contribution in [2.75, 3.05) is 27.4 Å². The Hall–Kier alpha value is -3.77. The van der Waals surface area contributed by atoms with Gasteiger partial charge in [0.25, 0.3) is 70.8 Å². The summed E-state index contributed by atoms with van der Waals surface area (Å²) >= 11 is 0. The highest BCUT2D eigenvalue weighted by Crippen LogP contribution is 2.72. The summed E-state index contributed by atoms with van der Waals surface area (Å²) in [5.74, 6) is 1.75. The minimum Gasteiger partial charge on any atom is -0.469 e. The van der Waals surface area contributed by atoms with Gasteiger partial charge in [-0.05, 0) is 160 Å². The van der Waals surface area contributed by atoms with Crippen molar-refractivity contribution >= 4 is 94.7 Å². The van der Waals surface area contributed by atoms with E-state index in [4.69, 9.17) is 54.0 Å². The molecule has 21 aliphatic rings. The van der Waals surface area contributed by atoms with Gasteiger partial charge in [-0.15, -0.1) is 0 Å². The monoisotopic (exact) mass is 1650 g/mol. The van der Waals surface area contributed by atoms with Crippen LogP contribution in [0, 0.1) is 164 Å². The minimum absolute atomic E-state index is 0.00546. The molecule has 14 aliphatic carbocycles. The third-order valence-electron chi connectivity index (χ3n) is 31.8. The molecule has 604 valence electrons. The van der Waals surface area contributed by atoms with E-state index in [-0.39, 0.29) is 138 Å². The summed E-state index contributed by atoms with van der Waals surface area (Å²) in [6, 6.07) is 4.15.